The Morgan fingerprint density at radius 2 is 2.07 bits per heavy atom. The van der Waals surface area contributed by atoms with E-state index in [9.17, 15) is 5.11 Å². The Morgan fingerprint density at radius 1 is 1.36 bits per heavy atom. The number of fused-ring (bicyclic) bond motifs is 1. The van der Waals surface area contributed by atoms with Crippen LogP contribution in [0.25, 0.3) is 10.9 Å². The predicted octanol–water partition coefficient (Wildman–Crippen LogP) is 1.80. The van der Waals surface area contributed by atoms with Gasteiger partial charge in [0.15, 0.2) is 0 Å². The molecule has 0 saturated heterocycles. The third kappa shape index (κ3) is 1.30. The summed E-state index contributed by atoms with van der Waals surface area (Å²) < 4.78 is 1.79. The fraction of sp³-hybridized carbons (Fsp3) is 0.364. The van der Waals surface area contributed by atoms with Gasteiger partial charge in [0.05, 0.1) is 17.3 Å². The summed E-state index contributed by atoms with van der Waals surface area (Å²) in [5, 5.41) is 15.2. The number of aromatic nitrogens is 2. The second-order valence-corrected chi connectivity index (χ2v) is 4.07. The first-order chi connectivity index (χ1) is 6.50. The third-order valence-electron chi connectivity index (χ3n) is 2.42. The minimum atomic E-state index is -0.826. The Labute approximate surface area is 83.0 Å². The van der Waals surface area contributed by atoms with Crippen molar-refractivity contribution >= 4 is 10.9 Å². The van der Waals surface area contributed by atoms with Gasteiger partial charge in [-0.15, -0.1) is 0 Å². The monoisotopic (exact) mass is 190 g/mol. The van der Waals surface area contributed by atoms with E-state index in [1.54, 1.807) is 18.5 Å². The molecule has 0 saturated carbocycles. The van der Waals surface area contributed by atoms with Crippen molar-refractivity contribution in [3.8, 4) is 0 Å². The molecule has 1 N–H and O–H groups in total. The topological polar surface area (TPSA) is 38.0 Å². The number of hydrogen-bond donors (Lipinski definition) is 1. The summed E-state index contributed by atoms with van der Waals surface area (Å²) in [5.74, 6) is 0. The molecule has 0 aliphatic carbocycles. The maximum atomic E-state index is 9.99. The van der Waals surface area contributed by atoms with E-state index in [2.05, 4.69) is 5.10 Å². The normalized spacial score (nSPS) is 12.3. The minimum Gasteiger partial charge on any atom is -0.386 e. The van der Waals surface area contributed by atoms with Gasteiger partial charge in [0, 0.05) is 18.0 Å². The molecule has 3 heteroatoms. The van der Waals surface area contributed by atoms with Gasteiger partial charge in [-0.2, -0.15) is 5.10 Å². The van der Waals surface area contributed by atoms with Crippen molar-refractivity contribution in [2.45, 2.75) is 19.4 Å². The van der Waals surface area contributed by atoms with Gasteiger partial charge in [0.1, 0.15) is 0 Å². The van der Waals surface area contributed by atoms with Crippen molar-refractivity contribution < 1.29 is 5.11 Å². The second-order valence-electron chi connectivity index (χ2n) is 4.07. The quantitative estimate of drug-likeness (QED) is 0.744. The summed E-state index contributed by atoms with van der Waals surface area (Å²) >= 11 is 0. The van der Waals surface area contributed by atoms with Crippen LogP contribution in [0.5, 0.6) is 0 Å². The summed E-state index contributed by atoms with van der Waals surface area (Å²) in [5.41, 5.74) is 1.09. The van der Waals surface area contributed by atoms with Crippen molar-refractivity contribution in [2.75, 3.05) is 0 Å². The van der Waals surface area contributed by atoms with E-state index in [-0.39, 0.29) is 0 Å². The van der Waals surface area contributed by atoms with Gasteiger partial charge in [-0.25, -0.2) is 0 Å². The molecule has 0 aliphatic heterocycles. The summed E-state index contributed by atoms with van der Waals surface area (Å²) in [4.78, 5) is 0. The molecule has 0 fully saturated rings. The molecule has 3 nitrogen and oxygen atoms in total. The number of para-hydroxylation sites is 1. The van der Waals surface area contributed by atoms with Gasteiger partial charge in [0.25, 0.3) is 0 Å². The lowest BCUT2D eigenvalue weighted by molar-refractivity contribution is 0.0798. The summed E-state index contributed by atoms with van der Waals surface area (Å²) in [7, 11) is 1.89. The zero-order valence-electron chi connectivity index (χ0n) is 8.65. The maximum Gasteiger partial charge on any atom is 0.0861 e. The van der Waals surface area contributed by atoms with E-state index in [4.69, 9.17) is 0 Å². The lowest BCUT2D eigenvalue weighted by atomic mass is 9.96. The highest BCUT2D eigenvalue weighted by atomic mass is 16.3. The van der Waals surface area contributed by atoms with Gasteiger partial charge >= 0.3 is 0 Å². The molecule has 14 heavy (non-hydrogen) atoms. The Morgan fingerprint density at radius 3 is 2.71 bits per heavy atom. The maximum absolute atomic E-state index is 9.99. The first kappa shape index (κ1) is 9.21. The Balaban J connectivity index is 2.82. The molecule has 0 bridgehead atoms. The number of aryl methyl sites for hydroxylation is 1. The second kappa shape index (κ2) is 2.82. The largest absolute Gasteiger partial charge is 0.386 e. The highest BCUT2D eigenvalue weighted by Gasteiger charge is 2.20. The lowest BCUT2D eigenvalue weighted by Gasteiger charge is -2.19. The molecule has 0 radical (unpaired) electrons. The molecule has 0 aliphatic rings. The molecular formula is C11H14N2O. The summed E-state index contributed by atoms with van der Waals surface area (Å²) in [6, 6.07) is 5.87. The zero-order valence-corrected chi connectivity index (χ0v) is 8.65. The molecule has 1 aromatic heterocycles. The average molecular weight is 190 g/mol. The van der Waals surface area contributed by atoms with Crippen LogP contribution in [0.15, 0.2) is 24.4 Å². The standard InChI is InChI=1S/C11H14N2O/c1-11(2,14)9-6-4-5-8-7-12-13(3)10(8)9/h4-7,14H,1-3H3. The molecule has 0 unspecified atom stereocenters. The van der Waals surface area contributed by atoms with E-state index < -0.39 is 5.60 Å². The number of benzene rings is 1. The van der Waals surface area contributed by atoms with Crippen LogP contribution in [0.2, 0.25) is 0 Å². The molecule has 74 valence electrons. The first-order valence-corrected chi connectivity index (χ1v) is 4.64. The van der Waals surface area contributed by atoms with Crippen LogP contribution in [0.1, 0.15) is 19.4 Å². The molecule has 0 amide bonds. The van der Waals surface area contributed by atoms with Crippen LogP contribution in [0.4, 0.5) is 0 Å². The van der Waals surface area contributed by atoms with Crippen LogP contribution >= 0.6 is 0 Å². The molecule has 0 spiro atoms. The highest BCUT2D eigenvalue weighted by molar-refractivity contribution is 5.82. The number of nitrogens with zero attached hydrogens (tertiary/aromatic N) is 2. The van der Waals surface area contributed by atoms with Gasteiger partial charge in [-0.3, -0.25) is 4.68 Å². The smallest absolute Gasteiger partial charge is 0.0861 e. The SMILES string of the molecule is Cn1ncc2cccc(C(C)(C)O)c21. The summed E-state index contributed by atoms with van der Waals surface area (Å²) in [6.07, 6.45) is 1.81. The molecular weight excluding hydrogens is 176 g/mol. The van der Waals surface area contributed by atoms with Crippen LogP contribution in [0.3, 0.4) is 0 Å². The van der Waals surface area contributed by atoms with Crippen molar-refractivity contribution in [1.82, 2.24) is 9.78 Å². The minimum absolute atomic E-state index is 0.826. The van der Waals surface area contributed by atoms with Crippen LogP contribution in [0, 0.1) is 0 Å². The van der Waals surface area contributed by atoms with Crippen molar-refractivity contribution in [3.05, 3.63) is 30.0 Å². The fourth-order valence-electron chi connectivity index (χ4n) is 1.73. The number of hydrogen-bond acceptors (Lipinski definition) is 2. The highest BCUT2D eigenvalue weighted by Crippen LogP contribution is 2.27. The van der Waals surface area contributed by atoms with E-state index in [1.807, 2.05) is 31.4 Å². The van der Waals surface area contributed by atoms with Crippen molar-refractivity contribution in [1.29, 1.82) is 0 Å². The zero-order chi connectivity index (χ0) is 10.3. The van der Waals surface area contributed by atoms with Gasteiger partial charge in [-0.05, 0) is 13.8 Å². The van der Waals surface area contributed by atoms with Crippen LogP contribution in [-0.2, 0) is 12.6 Å². The lowest BCUT2D eigenvalue weighted by Crippen LogP contribution is -2.16. The molecule has 1 aromatic carbocycles. The Hall–Kier alpha value is -1.35. The van der Waals surface area contributed by atoms with Crippen molar-refractivity contribution in [3.63, 3.8) is 0 Å². The molecule has 2 aromatic rings. The number of aliphatic hydroxyl groups is 1. The molecule has 2 rings (SSSR count). The van der Waals surface area contributed by atoms with Gasteiger partial charge < -0.3 is 5.11 Å². The van der Waals surface area contributed by atoms with Crippen molar-refractivity contribution in [2.24, 2.45) is 7.05 Å². The van der Waals surface area contributed by atoms with Crippen LogP contribution in [-0.4, -0.2) is 14.9 Å². The van der Waals surface area contributed by atoms with Gasteiger partial charge in [-0.1, -0.05) is 18.2 Å². The van der Waals surface area contributed by atoms with E-state index in [1.165, 1.54) is 0 Å². The van der Waals surface area contributed by atoms with Gasteiger partial charge in [0.2, 0.25) is 0 Å². The summed E-state index contributed by atoms with van der Waals surface area (Å²) in [6.45, 7) is 3.57. The van der Waals surface area contributed by atoms with E-state index >= 15 is 0 Å². The Bertz CT molecular complexity index is 466. The average Bonchev–Trinajstić information content (AvgIpc) is 2.46. The van der Waals surface area contributed by atoms with E-state index in [0.29, 0.717) is 0 Å². The van der Waals surface area contributed by atoms with E-state index in [0.717, 1.165) is 16.5 Å². The Kier molecular flexibility index (Phi) is 1.86. The predicted molar refractivity (Wildman–Crippen MR) is 56.0 cm³/mol. The van der Waals surface area contributed by atoms with Crippen LogP contribution < -0.4 is 0 Å². The molecule has 0 atom stereocenters. The molecule has 1 heterocycles. The fourth-order valence-corrected chi connectivity index (χ4v) is 1.73. The number of rotatable bonds is 1. The third-order valence-corrected chi connectivity index (χ3v) is 2.42. The first-order valence-electron chi connectivity index (χ1n) is 4.64.